The summed E-state index contributed by atoms with van der Waals surface area (Å²) >= 11 is 0. The van der Waals surface area contributed by atoms with Crippen LogP contribution in [0.5, 0.6) is 0 Å². The first-order valence-corrected chi connectivity index (χ1v) is 6.81. The third-order valence-electron chi connectivity index (χ3n) is 3.65. The van der Waals surface area contributed by atoms with Crippen LogP contribution in [0.1, 0.15) is 30.5 Å². The van der Waals surface area contributed by atoms with Crippen LogP contribution >= 0.6 is 0 Å². The van der Waals surface area contributed by atoms with Crippen molar-refractivity contribution >= 4 is 6.09 Å². The largest absolute Gasteiger partial charge is 0.453 e. The second kappa shape index (κ2) is 6.06. The van der Waals surface area contributed by atoms with Gasteiger partial charge in [-0.05, 0) is 36.6 Å². The summed E-state index contributed by atoms with van der Waals surface area (Å²) in [6.07, 6.45) is 0.652. The van der Waals surface area contributed by atoms with E-state index in [0.717, 1.165) is 19.5 Å². The predicted molar refractivity (Wildman–Crippen MR) is 74.9 cm³/mol. The topological polar surface area (TPSA) is 41.6 Å². The number of fused-ring (bicyclic) bond motifs is 1. The van der Waals surface area contributed by atoms with Crippen LogP contribution in [0, 0.1) is 0 Å². The first-order chi connectivity index (χ1) is 9.15. The second-order valence-electron chi connectivity index (χ2n) is 5.03. The van der Waals surface area contributed by atoms with Crippen LogP contribution in [0.25, 0.3) is 0 Å². The average molecular weight is 262 g/mol. The van der Waals surface area contributed by atoms with Gasteiger partial charge in [0, 0.05) is 19.1 Å². The van der Waals surface area contributed by atoms with E-state index in [1.165, 1.54) is 23.8 Å². The molecular formula is C15H22N2O2. The zero-order valence-corrected chi connectivity index (χ0v) is 11.9. The number of amides is 1. The number of nitrogens with zero attached hydrogens (tertiary/aromatic N) is 1. The highest BCUT2D eigenvalue weighted by atomic mass is 16.5. The molecule has 1 atom stereocenters. The van der Waals surface area contributed by atoms with E-state index in [1.807, 2.05) is 0 Å². The molecule has 0 aromatic heterocycles. The van der Waals surface area contributed by atoms with Crippen LogP contribution in [0.15, 0.2) is 18.2 Å². The lowest BCUT2D eigenvalue weighted by Gasteiger charge is -2.34. The van der Waals surface area contributed by atoms with Gasteiger partial charge in [0.2, 0.25) is 0 Å². The Morgan fingerprint density at radius 3 is 2.95 bits per heavy atom. The summed E-state index contributed by atoms with van der Waals surface area (Å²) in [7, 11) is 1.43. The smallest absolute Gasteiger partial charge is 0.410 e. The van der Waals surface area contributed by atoms with Crippen LogP contribution in [-0.4, -0.2) is 30.7 Å². The van der Waals surface area contributed by atoms with Gasteiger partial charge in [0.05, 0.1) is 7.11 Å². The molecule has 1 heterocycles. The summed E-state index contributed by atoms with van der Waals surface area (Å²) in [4.78, 5) is 13.5. The summed E-state index contributed by atoms with van der Waals surface area (Å²) in [6, 6.07) is 6.70. The lowest BCUT2D eigenvalue weighted by Crippen LogP contribution is -2.42. The number of benzene rings is 1. The fourth-order valence-corrected chi connectivity index (χ4v) is 2.53. The van der Waals surface area contributed by atoms with E-state index in [9.17, 15) is 4.79 Å². The SMILES string of the molecule is CCNCc1ccc2c(c1)CC(C)N(C(=O)OC)C2. The minimum Gasteiger partial charge on any atom is -0.453 e. The lowest BCUT2D eigenvalue weighted by molar-refractivity contribution is 0.100. The molecule has 0 spiro atoms. The quantitative estimate of drug-likeness (QED) is 0.909. The highest BCUT2D eigenvalue weighted by Crippen LogP contribution is 2.24. The Balaban J connectivity index is 2.16. The molecular weight excluding hydrogens is 240 g/mol. The first-order valence-electron chi connectivity index (χ1n) is 6.81. The van der Waals surface area contributed by atoms with Crippen LogP contribution in [0.3, 0.4) is 0 Å². The van der Waals surface area contributed by atoms with Gasteiger partial charge in [0.1, 0.15) is 0 Å². The highest BCUT2D eigenvalue weighted by molar-refractivity contribution is 5.68. The monoisotopic (exact) mass is 262 g/mol. The molecule has 0 fully saturated rings. The Kier molecular flexibility index (Phi) is 4.43. The van der Waals surface area contributed by atoms with E-state index < -0.39 is 0 Å². The van der Waals surface area contributed by atoms with Crippen molar-refractivity contribution in [3.8, 4) is 0 Å². The number of hydrogen-bond acceptors (Lipinski definition) is 3. The summed E-state index contributed by atoms with van der Waals surface area (Å²) in [5.74, 6) is 0. The van der Waals surface area contributed by atoms with Gasteiger partial charge in [-0.3, -0.25) is 0 Å². The Hall–Kier alpha value is -1.55. The van der Waals surface area contributed by atoms with Gasteiger partial charge >= 0.3 is 6.09 Å². The minimum atomic E-state index is -0.241. The zero-order chi connectivity index (χ0) is 13.8. The maximum Gasteiger partial charge on any atom is 0.410 e. The van der Waals surface area contributed by atoms with Gasteiger partial charge in [-0.1, -0.05) is 25.1 Å². The molecule has 0 bridgehead atoms. The van der Waals surface area contributed by atoms with E-state index in [0.29, 0.717) is 6.54 Å². The molecule has 0 radical (unpaired) electrons. The van der Waals surface area contributed by atoms with E-state index in [4.69, 9.17) is 4.74 Å². The molecule has 19 heavy (non-hydrogen) atoms. The third kappa shape index (κ3) is 3.07. The van der Waals surface area contributed by atoms with Crippen LogP contribution in [-0.2, 0) is 24.2 Å². The van der Waals surface area contributed by atoms with Crippen molar-refractivity contribution in [1.82, 2.24) is 10.2 Å². The number of carbonyl (C=O) groups excluding carboxylic acids is 1. The predicted octanol–water partition coefficient (Wildman–Crippen LogP) is 2.31. The molecule has 0 aliphatic carbocycles. The van der Waals surface area contributed by atoms with Crippen molar-refractivity contribution in [2.24, 2.45) is 0 Å². The first kappa shape index (κ1) is 13.9. The van der Waals surface area contributed by atoms with Crippen molar-refractivity contribution in [3.05, 3.63) is 34.9 Å². The van der Waals surface area contributed by atoms with Gasteiger partial charge in [-0.15, -0.1) is 0 Å². The number of rotatable bonds is 3. The molecule has 0 saturated carbocycles. The summed E-state index contributed by atoms with van der Waals surface area (Å²) < 4.78 is 4.83. The average Bonchev–Trinajstić information content (AvgIpc) is 2.43. The van der Waals surface area contributed by atoms with Crippen LogP contribution in [0.4, 0.5) is 4.79 Å². The summed E-state index contributed by atoms with van der Waals surface area (Å²) in [5.41, 5.74) is 3.88. The Morgan fingerprint density at radius 2 is 2.26 bits per heavy atom. The van der Waals surface area contributed by atoms with E-state index in [1.54, 1.807) is 4.90 Å². The molecule has 2 rings (SSSR count). The molecule has 1 aromatic carbocycles. The van der Waals surface area contributed by atoms with Crippen LogP contribution in [0.2, 0.25) is 0 Å². The van der Waals surface area contributed by atoms with Crippen LogP contribution < -0.4 is 5.32 Å². The molecule has 1 unspecified atom stereocenters. The summed E-state index contributed by atoms with van der Waals surface area (Å²) in [5, 5.41) is 3.33. The maximum absolute atomic E-state index is 11.7. The molecule has 1 amide bonds. The van der Waals surface area contributed by atoms with Gasteiger partial charge in [0.15, 0.2) is 0 Å². The number of methoxy groups -OCH3 is 1. The molecule has 4 nitrogen and oxygen atoms in total. The molecule has 1 N–H and O–H groups in total. The van der Waals surface area contributed by atoms with Gasteiger partial charge in [-0.25, -0.2) is 4.79 Å². The van der Waals surface area contributed by atoms with Crippen molar-refractivity contribution in [3.63, 3.8) is 0 Å². The number of nitrogens with one attached hydrogen (secondary N) is 1. The molecule has 1 aromatic rings. The standard InChI is InChI=1S/C15H22N2O2/c1-4-16-9-12-5-6-13-10-17(15(18)19-3)11(2)7-14(13)8-12/h5-6,8,11,16H,4,7,9-10H2,1-3H3. The van der Waals surface area contributed by atoms with Crippen molar-refractivity contribution in [2.75, 3.05) is 13.7 Å². The molecule has 0 saturated heterocycles. The normalized spacial score (nSPS) is 18.1. The molecule has 104 valence electrons. The van der Waals surface area contributed by atoms with E-state index in [-0.39, 0.29) is 12.1 Å². The number of hydrogen-bond donors (Lipinski definition) is 1. The fourth-order valence-electron chi connectivity index (χ4n) is 2.53. The zero-order valence-electron chi connectivity index (χ0n) is 11.9. The number of carbonyl (C=O) groups is 1. The molecule has 1 aliphatic rings. The second-order valence-corrected chi connectivity index (χ2v) is 5.03. The van der Waals surface area contributed by atoms with E-state index in [2.05, 4.69) is 37.4 Å². The fraction of sp³-hybridized carbons (Fsp3) is 0.533. The Morgan fingerprint density at radius 1 is 1.47 bits per heavy atom. The Bertz CT molecular complexity index is 459. The van der Waals surface area contributed by atoms with Crippen molar-refractivity contribution in [1.29, 1.82) is 0 Å². The molecule has 4 heteroatoms. The minimum absolute atomic E-state index is 0.189. The maximum atomic E-state index is 11.7. The van der Waals surface area contributed by atoms with Crippen molar-refractivity contribution in [2.45, 2.75) is 39.4 Å². The highest BCUT2D eigenvalue weighted by Gasteiger charge is 2.27. The lowest BCUT2D eigenvalue weighted by atomic mass is 9.93. The Labute approximate surface area is 114 Å². The molecule has 1 aliphatic heterocycles. The summed E-state index contributed by atoms with van der Waals surface area (Å²) in [6.45, 7) is 6.69. The van der Waals surface area contributed by atoms with Gasteiger partial charge in [-0.2, -0.15) is 0 Å². The van der Waals surface area contributed by atoms with Gasteiger partial charge < -0.3 is 15.0 Å². The number of ether oxygens (including phenoxy) is 1. The van der Waals surface area contributed by atoms with E-state index >= 15 is 0 Å². The van der Waals surface area contributed by atoms with Gasteiger partial charge in [0.25, 0.3) is 0 Å². The third-order valence-corrected chi connectivity index (χ3v) is 3.65. The van der Waals surface area contributed by atoms with Crippen molar-refractivity contribution < 1.29 is 9.53 Å².